The van der Waals surface area contributed by atoms with Crippen LogP contribution in [0.15, 0.2) is 46.9 Å². The van der Waals surface area contributed by atoms with Gasteiger partial charge >= 0.3 is 0 Å². The summed E-state index contributed by atoms with van der Waals surface area (Å²) in [5.74, 6) is 2.29. The molecule has 2 aromatic rings. The van der Waals surface area contributed by atoms with Crippen molar-refractivity contribution in [1.29, 1.82) is 0 Å². The number of anilines is 1. The van der Waals surface area contributed by atoms with Crippen LogP contribution in [0.1, 0.15) is 15.9 Å². The van der Waals surface area contributed by atoms with Gasteiger partial charge in [-0.3, -0.25) is 4.79 Å². The highest BCUT2D eigenvalue weighted by atomic mass is 79.9. The van der Waals surface area contributed by atoms with Crippen LogP contribution in [0.25, 0.3) is 0 Å². The monoisotopic (exact) mass is 333 g/mol. The van der Waals surface area contributed by atoms with Gasteiger partial charge in [-0.1, -0.05) is 23.6 Å². The first-order valence-corrected chi connectivity index (χ1v) is 6.60. The van der Waals surface area contributed by atoms with Crippen LogP contribution in [0.4, 0.5) is 5.69 Å². The number of terminal acetylenes is 1. The minimum Gasteiger partial charge on any atom is -0.322 e. The summed E-state index contributed by atoms with van der Waals surface area (Å²) in [5, 5.41) is 3.26. The third kappa shape index (κ3) is 3.37. The molecule has 0 fully saturated rings. The first-order valence-electron chi connectivity index (χ1n) is 5.43. The summed E-state index contributed by atoms with van der Waals surface area (Å²) < 4.78 is 0.750. The Bertz CT molecular complexity index is 676. The molecule has 2 nitrogen and oxygen atoms in total. The van der Waals surface area contributed by atoms with Crippen LogP contribution in [0.3, 0.4) is 0 Å². The molecule has 0 saturated carbocycles. The molecule has 4 heteroatoms. The van der Waals surface area contributed by atoms with Crippen molar-refractivity contribution in [2.45, 2.75) is 0 Å². The van der Waals surface area contributed by atoms with Gasteiger partial charge in [0.05, 0.1) is 5.02 Å². The van der Waals surface area contributed by atoms with Crippen molar-refractivity contribution in [2.75, 3.05) is 5.32 Å². The SMILES string of the molecule is C#Cc1cccc(NC(=O)c2ccc(Br)c(Cl)c2)c1. The lowest BCUT2D eigenvalue weighted by atomic mass is 10.2. The van der Waals surface area contributed by atoms with Crippen LogP contribution in [-0.4, -0.2) is 5.91 Å². The van der Waals surface area contributed by atoms with Gasteiger partial charge in [0.15, 0.2) is 0 Å². The average Bonchev–Trinajstić information content (AvgIpc) is 2.42. The molecule has 0 spiro atoms. The van der Waals surface area contributed by atoms with Crippen molar-refractivity contribution in [3.8, 4) is 12.3 Å². The van der Waals surface area contributed by atoms with E-state index in [0.717, 1.165) is 4.47 Å². The number of benzene rings is 2. The Morgan fingerprint density at radius 3 is 2.74 bits per heavy atom. The van der Waals surface area contributed by atoms with Crippen LogP contribution >= 0.6 is 27.5 Å². The Balaban J connectivity index is 2.21. The highest BCUT2D eigenvalue weighted by molar-refractivity contribution is 9.10. The van der Waals surface area contributed by atoms with Gasteiger partial charge in [0.2, 0.25) is 0 Å². The third-order valence-corrected chi connectivity index (χ3v) is 3.70. The lowest BCUT2D eigenvalue weighted by Gasteiger charge is -2.06. The van der Waals surface area contributed by atoms with E-state index in [0.29, 0.717) is 21.8 Å². The molecule has 0 aliphatic heterocycles. The highest BCUT2D eigenvalue weighted by Crippen LogP contribution is 2.23. The number of rotatable bonds is 2. The maximum Gasteiger partial charge on any atom is 0.255 e. The van der Waals surface area contributed by atoms with Crippen molar-refractivity contribution >= 4 is 39.1 Å². The molecule has 0 atom stereocenters. The lowest BCUT2D eigenvalue weighted by molar-refractivity contribution is 0.102. The third-order valence-electron chi connectivity index (χ3n) is 2.47. The molecule has 0 radical (unpaired) electrons. The van der Waals surface area contributed by atoms with Crippen molar-refractivity contribution in [3.63, 3.8) is 0 Å². The molecule has 94 valence electrons. The predicted octanol–water partition coefficient (Wildman–Crippen LogP) is 4.34. The van der Waals surface area contributed by atoms with Crippen molar-refractivity contribution in [3.05, 3.63) is 63.1 Å². The summed E-state index contributed by atoms with van der Waals surface area (Å²) in [4.78, 5) is 12.0. The molecule has 0 aromatic heterocycles. The second kappa shape index (κ2) is 5.92. The number of nitrogens with one attached hydrogen (secondary N) is 1. The van der Waals surface area contributed by atoms with E-state index in [4.69, 9.17) is 18.0 Å². The van der Waals surface area contributed by atoms with Crippen LogP contribution in [0.5, 0.6) is 0 Å². The Morgan fingerprint density at radius 1 is 1.26 bits per heavy atom. The minimum atomic E-state index is -0.233. The summed E-state index contributed by atoms with van der Waals surface area (Å²) in [5.41, 5.74) is 1.85. The van der Waals surface area contributed by atoms with Gasteiger partial charge in [-0.05, 0) is 52.3 Å². The topological polar surface area (TPSA) is 29.1 Å². The van der Waals surface area contributed by atoms with E-state index >= 15 is 0 Å². The Labute approximate surface area is 124 Å². The summed E-state index contributed by atoms with van der Waals surface area (Å²) in [6.45, 7) is 0. The molecule has 0 saturated heterocycles. The maximum absolute atomic E-state index is 12.0. The zero-order chi connectivity index (χ0) is 13.8. The Hall–Kier alpha value is -1.76. The highest BCUT2D eigenvalue weighted by Gasteiger charge is 2.08. The normalized spacial score (nSPS) is 9.74. The molecule has 0 aliphatic carbocycles. The van der Waals surface area contributed by atoms with Crippen molar-refractivity contribution < 1.29 is 4.79 Å². The Morgan fingerprint density at radius 2 is 2.05 bits per heavy atom. The molecule has 1 N–H and O–H groups in total. The van der Waals surface area contributed by atoms with Gasteiger partial charge in [0.25, 0.3) is 5.91 Å². The fourth-order valence-electron chi connectivity index (χ4n) is 1.53. The van der Waals surface area contributed by atoms with Gasteiger partial charge in [-0.2, -0.15) is 0 Å². The molecular formula is C15H9BrClNO. The number of hydrogen-bond acceptors (Lipinski definition) is 1. The summed E-state index contributed by atoms with van der Waals surface area (Å²) in [7, 11) is 0. The fourth-order valence-corrected chi connectivity index (χ4v) is 1.95. The minimum absolute atomic E-state index is 0.233. The number of carbonyl (C=O) groups is 1. The summed E-state index contributed by atoms with van der Waals surface area (Å²) in [6, 6.07) is 12.1. The predicted molar refractivity (Wildman–Crippen MR) is 81.5 cm³/mol. The van der Waals surface area contributed by atoms with Crippen LogP contribution in [0, 0.1) is 12.3 Å². The van der Waals surface area contributed by atoms with Crippen LogP contribution < -0.4 is 5.32 Å². The van der Waals surface area contributed by atoms with E-state index in [9.17, 15) is 4.79 Å². The number of amides is 1. The number of carbonyl (C=O) groups excluding carboxylic acids is 1. The molecular weight excluding hydrogens is 326 g/mol. The first kappa shape index (κ1) is 13.7. The van der Waals surface area contributed by atoms with E-state index in [1.165, 1.54) is 0 Å². The summed E-state index contributed by atoms with van der Waals surface area (Å²) in [6.07, 6.45) is 5.31. The smallest absolute Gasteiger partial charge is 0.255 e. The zero-order valence-electron chi connectivity index (χ0n) is 9.78. The molecule has 0 aliphatic rings. The maximum atomic E-state index is 12.0. The van der Waals surface area contributed by atoms with Gasteiger partial charge in [-0.25, -0.2) is 0 Å². The molecule has 1 amide bonds. The largest absolute Gasteiger partial charge is 0.322 e. The fraction of sp³-hybridized carbons (Fsp3) is 0. The quantitative estimate of drug-likeness (QED) is 0.814. The summed E-state index contributed by atoms with van der Waals surface area (Å²) >= 11 is 9.23. The van der Waals surface area contributed by atoms with Crippen LogP contribution in [-0.2, 0) is 0 Å². The average molecular weight is 335 g/mol. The second-order valence-corrected chi connectivity index (χ2v) is 5.07. The van der Waals surface area contributed by atoms with Gasteiger partial charge in [0.1, 0.15) is 0 Å². The first-order chi connectivity index (χ1) is 9.10. The van der Waals surface area contributed by atoms with E-state index in [2.05, 4.69) is 27.2 Å². The molecule has 0 unspecified atom stereocenters. The van der Waals surface area contributed by atoms with E-state index in [1.54, 1.807) is 42.5 Å². The zero-order valence-corrected chi connectivity index (χ0v) is 12.1. The van der Waals surface area contributed by atoms with E-state index < -0.39 is 0 Å². The standard InChI is InChI=1S/C15H9BrClNO/c1-2-10-4-3-5-12(8-10)18-15(19)11-6-7-13(16)14(17)9-11/h1,3-9H,(H,18,19). The molecule has 0 bridgehead atoms. The second-order valence-electron chi connectivity index (χ2n) is 3.81. The van der Waals surface area contributed by atoms with Crippen LogP contribution in [0.2, 0.25) is 5.02 Å². The molecule has 2 rings (SSSR count). The Kier molecular flexibility index (Phi) is 4.26. The number of hydrogen-bond donors (Lipinski definition) is 1. The van der Waals surface area contributed by atoms with Crippen molar-refractivity contribution in [2.24, 2.45) is 0 Å². The van der Waals surface area contributed by atoms with Gasteiger partial charge in [-0.15, -0.1) is 6.42 Å². The van der Waals surface area contributed by atoms with E-state index in [1.807, 2.05) is 0 Å². The van der Waals surface area contributed by atoms with Crippen molar-refractivity contribution in [1.82, 2.24) is 0 Å². The molecule has 0 heterocycles. The van der Waals surface area contributed by atoms with E-state index in [-0.39, 0.29) is 5.91 Å². The number of halogens is 2. The van der Waals surface area contributed by atoms with Gasteiger partial charge < -0.3 is 5.32 Å². The lowest BCUT2D eigenvalue weighted by Crippen LogP contribution is -2.11. The molecule has 19 heavy (non-hydrogen) atoms. The van der Waals surface area contributed by atoms with Gasteiger partial charge in [0, 0.05) is 21.3 Å². The molecule has 2 aromatic carbocycles.